The van der Waals surface area contributed by atoms with Crippen molar-refractivity contribution in [1.82, 2.24) is 0 Å². The van der Waals surface area contributed by atoms with Gasteiger partial charge in [-0.3, -0.25) is 0 Å². The summed E-state index contributed by atoms with van der Waals surface area (Å²) in [6.45, 7) is 2.10. The molecule has 1 nitrogen and oxygen atoms in total. The van der Waals surface area contributed by atoms with Gasteiger partial charge in [-0.15, -0.1) is 0 Å². The van der Waals surface area contributed by atoms with Gasteiger partial charge in [0.2, 0.25) is 0 Å². The summed E-state index contributed by atoms with van der Waals surface area (Å²) in [5, 5.41) is 9.66. The summed E-state index contributed by atoms with van der Waals surface area (Å²) in [5.41, 5.74) is 2.07. The van der Waals surface area contributed by atoms with Crippen molar-refractivity contribution in [2.45, 2.75) is 31.6 Å². The van der Waals surface area contributed by atoms with Crippen LogP contribution in [0.3, 0.4) is 0 Å². The fourth-order valence-electron chi connectivity index (χ4n) is 2.48. The van der Waals surface area contributed by atoms with Gasteiger partial charge in [0.1, 0.15) is 0 Å². The largest absolute Gasteiger partial charge is 0.197 e. The third kappa shape index (κ3) is 3.03. The summed E-state index contributed by atoms with van der Waals surface area (Å²) >= 11 is 0. The summed E-state index contributed by atoms with van der Waals surface area (Å²) in [5.74, 6) is 0. The van der Waals surface area contributed by atoms with Gasteiger partial charge in [0, 0.05) is 0 Å². The fraction of sp³-hybridized carbons (Fsp3) is 0.278. The molecule has 0 radical (unpaired) electrons. The molecule has 0 saturated heterocycles. The lowest BCUT2D eigenvalue weighted by Gasteiger charge is -2.25. The average Bonchev–Trinajstić information content (AvgIpc) is 2.51. The number of nitriles is 1. The summed E-state index contributed by atoms with van der Waals surface area (Å²) in [7, 11) is 0. The first-order valence-electron chi connectivity index (χ1n) is 6.81. The van der Waals surface area contributed by atoms with E-state index in [4.69, 9.17) is 0 Å². The van der Waals surface area contributed by atoms with Gasteiger partial charge in [0.05, 0.1) is 11.5 Å². The molecule has 1 unspecified atom stereocenters. The van der Waals surface area contributed by atoms with Crippen molar-refractivity contribution in [3.8, 4) is 6.07 Å². The van der Waals surface area contributed by atoms with E-state index >= 15 is 0 Å². The Hall–Kier alpha value is -2.07. The lowest BCUT2D eigenvalue weighted by atomic mass is 9.75. The van der Waals surface area contributed by atoms with Crippen molar-refractivity contribution in [2.24, 2.45) is 0 Å². The minimum atomic E-state index is -0.364. The molecule has 0 saturated carbocycles. The third-order valence-corrected chi connectivity index (χ3v) is 3.83. The van der Waals surface area contributed by atoms with Crippen molar-refractivity contribution in [3.63, 3.8) is 0 Å². The van der Waals surface area contributed by atoms with Gasteiger partial charge in [0.15, 0.2) is 0 Å². The maximum Gasteiger partial charge on any atom is 0.0823 e. The quantitative estimate of drug-likeness (QED) is 0.766. The second-order valence-corrected chi connectivity index (χ2v) is 4.90. The van der Waals surface area contributed by atoms with Gasteiger partial charge < -0.3 is 0 Å². The smallest absolute Gasteiger partial charge is 0.0823 e. The van der Waals surface area contributed by atoms with Crippen LogP contribution in [0.4, 0.5) is 0 Å². The van der Waals surface area contributed by atoms with Crippen LogP contribution in [-0.2, 0) is 11.8 Å². The van der Waals surface area contributed by atoms with Crippen molar-refractivity contribution < 1.29 is 0 Å². The molecule has 1 heteroatoms. The first kappa shape index (κ1) is 13.4. The normalized spacial score (nSPS) is 13.5. The Kier molecular flexibility index (Phi) is 4.36. The molecule has 96 valence electrons. The summed E-state index contributed by atoms with van der Waals surface area (Å²) in [4.78, 5) is 0. The highest BCUT2D eigenvalue weighted by Crippen LogP contribution is 2.32. The third-order valence-electron chi connectivity index (χ3n) is 3.83. The topological polar surface area (TPSA) is 23.8 Å². The van der Waals surface area contributed by atoms with Crippen molar-refractivity contribution >= 4 is 0 Å². The standard InChI is InChI=1S/C18H19N/c1-2-18(15-19,17-11-7-4-8-12-17)14-13-16-9-5-3-6-10-16/h3-12H,2,13-14H2,1H3. The highest BCUT2D eigenvalue weighted by molar-refractivity contribution is 5.32. The monoisotopic (exact) mass is 249 g/mol. The SMILES string of the molecule is CCC(C#N)(CCc1ccccc1)c1ccccc1. The first-order chi connectivity index (χ1) is 9.30. The van der Waals surface area contributed by atoms with Crippen molar-refractivity contribution in [1.29, 1.82) is 5.26 Å². The zero-order valence-electron chi connectivity index (χ0n) is 11.3. The summed E-state index contributed by atoms with van der Waals surface area (Å²) in [6, 6.07) is 23.1. The number of hydrogen-bond donors (Lipinski definition) is 0. The lowest BCUT2D eigenvalue weighted by Crippen LogP contribution is -2.24. The highest BCUT2D eigenvalue weighted by Gasteiger charge is 2.29. The van der Waals surface area contributed by atoms with Crippen LogP contribution in [0.25, 0.3) is 0 Å². The first-order valence-corrected chi connectivity index (χ1v) is 6.81. The molecule has 19 heavy (non-hydrogen) atoms. The predicted octanol–water partition coefficient (Wildman–Crippen LogP) is 4.49. The molecule has 2 aromatic rings. The van der Waals surface area contributed by atoms with Crippen LogP contribution < -0.4 is 0 Å². The highest BCUT2D eigenvalue weighted by atomic mass is 14.4. The van der Waals surface area contributed by atoms with E-state index in [9.17, 15) is 5.26 Å². The zero-order valence-corrected chi connectivity index (χ0v) is 11.3. The molecule has 0 spiro atoms. The minimum Gasteiger partial charge on any atom is -0.197 e. The molecule has 0 bridgehead atoms. The van der Waals surface area contributed by atoms with E-state index in [1.165, 1.54) is 5.56 Å². The van der Waals surface area contributed by atoms with Crippen LogP contribution in [0.15, 0.2) is 60.7 Å². The second-order valence-electron chi connectivity index (χ2n) is 4.90. The predicted molar refractivity (Wildman–Crippen MR) is 78.8 cm³/mol. The number of rotatable bonds is 5. The number of aryl methyl sites for hydroxylation is 1. The van der Waals surface area contributed by atoms with Gasteiger partial charge >= 0.3 is 0 Å². The Morgan fingerprint density at radius 1 is 0.947 bits per heavy atom. The minimum absolute atomic E-state index is 0.364. The second kappa shape index (κ2) is 6.20. The van der Waals surface area contributed by atoms with Gasteiger partial charge in [0.25, 0.3) is 0 Å². The summed E-state index contributed by atoms with van der Waals surface area (Å²) in [6.07, 6.45) is 2.66. The van der Waals surface area contributed by atoms with Crippen molar-refractivity contribution in [3.05, 3.63) is 71.8 Å². The van der Waals surface area contributed by atoms with Crippen LogP contribution in [-0.4, -0.2) is 0 Å². The molecular weight excluding hydrogens is 230 g/mol. The number of benzene rings is 2. The van der Waals surface area contributed by atoms with Gasteiger partial charge in [-0.1, -0.05) is 67.6 Å². The van der Waals surface area contributed by atoms with Crippen LogP contribution in [0.2, 0.25) is 0 Å². The molecule has 0 fully saturated rings. The molecule has 0 aliphatic heterocycles. The molecule has 0 heterocycles. The van der Waals surface area contributed by atoms with E-state index in [0.29, 0.717) is 0 Å². The van der Waals surface area contributed by atoms with E-state index in [-0.39, 0.29) is 5.41 Å². The Balaban J connectivity index is 2.20. The Labute approximate surface area is 115 Å². The van der Waals surface area contributed by atoms with Crippen LogP contribution >= 0.6 is 0 Å². The molecule has 0 aliphatic rings. The van der Waals surface area contributed by atoms with Gasteiger partial charge in [-0.25, -0.2) is 0 Å². The van der Waals surface area contributed by atoms with Crippen LogP contribution in [0.1, 0.15) is 30.9 Å². The van der Waals surface area contributed by atoms with E-state index in [0.717, 1.165) is 24.8 Å². The maximum atomic E-state index is 9.66. The van der Waals surface area contributed by atoms with E-state index in [1.54, 1.807) is 0 Å². The molecule has 1 atom stereocenters. The molecule has 2 aromatic carbocycles. The molecule has 0 N–H and O–H groups in total. The van der Waals surface area contributed by atoms with Gasteiger partial charge in [-0.05, 0) is 30.4 Å². The lowest BCUT2D eigenvalue weighted by molar-refractivity contribution is 0.486. The Morgan fingerprint density at radius 3 is 2.05 bits per heavy atom. The maximum absolute atomic E-state index is 9.66. The van der Waals surface area contributed by atoms with Crippen molar-refractivity contribution in [2.75, 3.05) is 0 Å². The van der Waals surface area contributed by atoms with E-state index < -0.39 is 0 Å². The number of nitrogens with zero attached hydrogens (tertiary/aromatic N) is 1. The summed E-state index contributed by atoms with van der Waals surface area (Å²) < 4.78 is 0. The van der Waals surface area contributed by atoms with Gasteiger partial charge in [-0.2, -0.15) is 5.26 Å². The molecule has 0 amide bonds. The average molecular weight is 249 g/mol. The number of hydrogen-bond acceptors (Lipinski definition) is 1. The fourth-order valence-corrected chi connectivity index (χ4v) is 2.48. The Bertz CT molecular complexity index is 539. The molecule has 0 aromatic heterocycles. The zero-order chi connectivity index (χ0) is 13.6. The Morgan fingerprint density at radius 2 is 1.53 bits per heavy atom. The molecule has 2 rings (SSSR count). The van der Waals surface area contributed by atoms with E-state index in [1.807, 2.05) is 24.3 Å². The molecule has 0 aliphatic carbocycles. The molecular formula is C18H19N. The van der Waals surface area contributed by atoms with Crippen LogP contribution in [0.5, 0.6) is 0 Å². The van der Waals surface area contributed by atoms with Crippen LogP contribution in [0, 0.1) is 11.3 Å². The van der Waals surface area contributed by atoms with E-state index in [2.05, 4.69) is 49.4 Å².